The van der Waals surface area contributed by atoms with Crippen LogP contribution >= 0.6 is 0 Å². The molecule has 3 aliphatic rings. The smallest absolute Gasteiger partial charge is 0.229 e. The van der Waals surface area contributed by atoms with Gasteiger partial charge >= 0.3 is 0 Å². The van der Waals surface area contributed by atoms with Gasteiger partial charge in [-0.2, -0.15) is 0 Å². The van der Waals surface area contributed by atoms with Gasteiger partial charge in [0.25, 0.3) is 0 Å². The van der Waals surface area contributed by atoms with Crippen molar-refractivity contribution >= 4 is 11.6 Å². The number of carbonyl (C=O) groups is 1. The van der Waals surface area contributed by atoms with Crippen LogP contribution in [0.4, 0.5) is 5.69 Å². The molecule has 2 aliphatic carbocycles. The second-order valence-electron chi connectivity index (χ2n) is 12.8. The van der Waals surface area contributed by atoms with Crippen LogP contribution in [0.5, 0.6) is 0 Å². The minimum absolute atomic E-state index is 0.0860. The molecule has 36 heavy (non-hydrogen) atoms. The first-order valence-electron chi connectivity index (χ1n) is 14.2. The number of aromatic nitrogens is 3. The van der Waals surface area contributed by atoms with Crippen molar-refractivity contribution in [2.45, 2.75) is 91.5 Å². The Balaban J connectivity index is 1.39. The number of rotatable bonds is 9. The van der Waals surface area contributed by atoms with Crippen LogP contribution < -0.4 is 5.32 Å². The quantitative estimate of drug-likeness (QED) is 0.462. The van der Waals surface area contributed by atoms with E-state index in [4.69, 9.17) is 10.2 Å². The Morgan fingerprint density at radius 3 is 2.39 bits per heavy atom. The molecule has 1 N–H and O–H groups in total. The van der Waals surface area contributed by atoms with Crippen LogP contribution in [0.15, 0.2) is 18.2 Å². The van der Waals surface area contributed by atoms with E-state index in [9.17, 15) is 4.79 Å². The third-order valence-corrected chi connectivity index (χ3v) is 8.39. The molecule has 0 spiro atoms. The lowest BCUT2D eigenvalue weighted by molar-refractivity contribution is -0.120. The molecule has 2 atom stereocenters. The summed E-state index contributed by atoms with van der Waals surface area (Å²) in [5.41, 5.74) is 3.24. The summed E-state index contributed by atoms with van der Waals surface area (Å²) in [5, 5.41) is 12.9. The van der Waals surface area contributed by atoms with E-state index >= 15 is 0 Å². The highest BCUT2D eigenvalue weighted by Crippen LogP contribution is 2.48. The number of benzene rings is 1. The summed E-state index contributed by atoms with van der Waals surface area (Å²) < 4.78 is 2.48. The highest BCUT2D eigenvalue weighted by molar-refractivity contribution is 5.94. The molecule has 0 unspecified atom stereocenters. The first-order chi connectivity index (χ1) is 17.2. The van der Waals surface area contributed by atoms with Gasteiger partial charge in [0.2, 0.25) is 5.91 Å². The third kappa shape index (κ3) is 5.39. The van der Waals surface area contributed by atoms with Gasteiger partial charge in [-0.05, 0) is 75.3 Å². The summed E-state index contributed by atoms with van der Waals surface area (Å²) in [7, 11) is 0. The van der Waals surface area contributed by atoms with Crippen LogP contribution in [-0.2, 0) is 4.79 Å². The molecule has 0 radical (unpaired) electrons. The summed E-state index contributed by atoms with van der Waals surface area (Å²) in [5.74, 6) is 5.03. The average molecular weight is 492 g/mol. The van der Waals surface area contributed by atoms with E-state index < -0.39 is 0 Å². The molecule has 5 rings (SSSR count). The number of anilines is 1. The number of nitrogens with zero attached hydrogens (tertiary/aromatic N) is 4. The molecule has 6 nitrogen and oxygen atoms in total. The van der Waals surface area contributed by atoms with Gasteiger partial charge in [0, 0.05) is 43.2 Å². The molecule has 3 fully saturated rings. The Bertz CT molecular complexity index is 1080. The number of amides is 1. The van der Waals surface area contributed by atoms with E-state index in [2.05, 4.69) is 68.5 Å². The summed E-state index contributed by atoms with van der Waals surface area (Å²) in [6.07, 6.45) is 6.21. The third-order valence-electron chi connectivity index (χ3n) is 8.39. The Labute approximate surface area is 217 Å². The average Bonchev–Trinajstić information content (AvgIpc) is 3.38. The predicted molar refractivity (Wildman–Crippen MR) is 145 cm³/mol. The van der Waals surface area contributed by atoms with Gasteiger partial charge in [-0.15, -0.1) is 10.2 Å². The zero-order chi connectivity index (χ0) is 25.6. The number of carbonyl (C=O) groups excluding carboxylic acids is 1. The van der Waals surface area contributed by atoms with E-state index in [-0.39, 0.29) is 17.7 Å². The van der Waals surface area contributed by atoms with Crippen molar-refractivity contribution in [3.63, 3.8) is 0 Å². The maximum Gasteiger partial charge on any atom is 0.229 e. The van der Waals surface area contributed by atoms with Gasteiger partial charge in [0.1, 0.15) is 11.6 Å². The molecule has 1 aliphatic heterocycles. The fourth-order valence-corrected chi connectivity index (χ4v) is 6.62. The van der Waals surface area contributed by atoms with Gasteiger partial charge in [0.05, 0.1) is 5.92 Å². The Morgan fingerprint density at radius 2 is 1.75 bits per heavy atom. The molecule has 2 heterocycles. The molecule has 6 heteroatoms. The lowest BCUT2D eigenvalue weighted by atomic mass is 9.71. The van der Waals surface area contributed by atoms with Gasteiger partial charge < -0.3 is 14.8 Å². The summed E-state index contributed by atoms with van der Waals surface area (Å²) in [6.45, 7) is 16.0. The predicted octanol–water partition coefficient (Wildman–Crippen LogP) is 6.08. The van der Waals surface area contributed by atoms with Crippen molar-refractivity contribution in [1.29, 1.82) is 0 Å². The standard InChI is InChI=1S/C30H45N5O/c1-18(2)11-22-13-23(14-22)28-32-33-29(35(28)24-8-9-24)25-16-34(15-19(3)4)17-26(25)30(36)31-27-10-7-20(5)12-21(27)6/h7,10,12,18-19,22-26H,8-9,11,13-17H2,1-6H3,(H,31,36)/t22-,23+,25-,26-/m0/s1. The lowest BCUT2D eigenvalue weighted by Gasteiger charge is -2.36. The van der Waals surface area contributed by atoms with Crippen molar-refractivity contribution in [3.8, 4) is 0 Å². The second kappa shape index (κ2) is 10.3. The van der Waals surface area contributed by atoms with E-state index in [0.29, 0.717) is 17.9 Å². The zero-order valence-corrected chi connectivity index (χ0v) is 23.1. The summed E-state index contributed by atoms with van der Waals surface area (Å²) >= 11 is 0. The number of likely N-dealkylation sites (tertiary alicyclic amines) is 1. The van der Waals surface area contributed by atoms with Crippen LogP contribution in [0.2, 0.25) is 0 Å². The van der Waals surface area contributed by atoms with Gasteiger partial charge in [0.15, 0.2) is 0 Å². The van der Waals surface area contributed by atoms with Crippen LogP contribution in [0.3, 0.4) is 0 Å². The first-order valence-corrected chi connectivity index (χ1v) is 14.2. The normalized spacial score (nSPS) is 26.6. The lowest BCUT2D eigenvalue weighted by Crippen LogP contribution is -2.31. The molecule has 2 saturated carbocycles. The monoisotopic (exact) mass is 491 g/mol. The molecule has 1 amide bonds. The number of nitrogens with one attached hydrogen (secondary N) is 1. The van der Waals surface area contributed by atoms with E-state index in [0.717, 1.165) is 48.5 Å². The molecule has 1 aromatic carbocycles. The van der Waals surface area contributed by atoms with Crippen molar-refractivity contribution in [2.24, 2.45) is 23.7 Å². The minimum Gasteiger partial charge on any atom is -0.326 e. The van der Waals surface area contributed by atoms with E-state index in [1.807, 2.05) is 6.07 Å². The molecule has 2 aromatic rings. The van der Waals surface area contributed by atoms with Gasteiger partial charge in [-0.25, -0.2) is 0 Å². The molecule has 196 valence electrons. The fourth-order valence-electron chi connectivity index (χ4n) is 6.62. The molecule has 0 bridgehead atoms. The SMILES string of the molecule is Cc1ccc(NC(=O)[C@H]2CN(CC(C)C)C[C@@H]2c2nnc([C@H]3C[C@@H](CC(C)C)C3)n2C2CC2)c(C)c1. The van der Waals surface area contributed by atoms with Crippen molar-refractivity contribution in [2.75, 3.05) is 25.0 Å². The number of hydrogen-bond acceptors (Lipinski definition) is 4. The Hall–Kier alpha value is -2.21. The van der Waals surface area contributed by atoms with Gasteiger partial charge in [-0.1, -0.05) is 45.4 Å². The van der Waals surface area contributed by atoms with Crippen LogP contribution in [0.1, 0.15) is 100 Å². The maximum absolute atomic E-state index is 13.7. The topological polar surface area (TPSA) is 63.1 Å². The minimum atomic E-state index is -0.117. The van der Waals surface area contributed by atoms with E-state index in [1.165, 1.54) is 43.5 Å². The summed E-state index contributed by atoms with van der Waals surface area (Å²) in [6, 6.07) is 6.76. The van der Waals surface area contributed by atoms with Crippen molar-refractivity contribution in [1.82, 2.24) is 19.7 Å². The second-order valence-corrected chi connectivity index (χ2v) is 12.8. The summed E-state index contributed by atoms with van der Waals surface area (Å²) in [4.78, 5) is 16.2. The molecule has 1 aromatic heterocycles. The highest BCUT2D eigenvalue weighted by Gasteiger charge is 2.45. The van der Waals surface area contributed by atoms with Crippen molar-refractivity contribution in [3.05, 3.63) is 41.0 Å². The largest absolute Gasteiger partial charge is 0.326 e. The maximum atomic E-state index is 13.7. The Morgan fingerprint density at radius 1 is 1.03 bits per heavy atom. The van der Waals surface area contributed by atoms with Gasteiger partial charge in [-0.3, -0.25) is 4.79 Å². The van der Waals surface area contributed by atoms with E-state index in [1.54, 1.807) is 0 Å². The fraction of sp³-hybridized carbons (Fsp3) is 0.700. The van der Waals surface area contributed by atoms with Crippen molar-refractivity contribution < 1.29 is 4.79 Å². The molecular weight excluding hydrogens is 446 g/mol. The van der Waals surface area contributed by atoms with Crippen LogP contribution in [0, 0.1) is 37.5 Å². The zero-order valence-electron chi connectivity index (χ0n) is 23.1. The van der Waals surface area contributed by atoms with Crippen LogP contribution in [0.25, 0.3) is 0 Å². The number of aryl methyl sites for hydroxylation is 2. The molecule has 1 saturated heterocycles. The molecular formula is C30H45N5O. The van der Waals surface area contributed by atoms with Crippen LogP contribution in [-0.4, -0.2) is 45.2 Å². The Kier molecular flexibility index (Phi) is 7.26. The highest BCUT2D eigenvalue weighted by atomic mass is 16.2. The number of hydrogen-bond donors (Lipinski definition) is 1. The first kappa shape index (κ1) is 25.4.